The highest BCUT2D eigenvalue weighted by atomic mass is 16.6. The first kappa shape index (κ1) is 37.4. The molecule has 4 amide bonds. The number of hydrogen-bond acceptors (Lipinski definition) is 7. The number of nitrogens with one attached hydrogen (secondary N) is 4. The molecular weight excluding hydrogens is 552 g/mol. The molecule has 0 spiro atoms. The molecule has 4 N–H and O–H groups in total. The summed E-state index contributed by atoms with van der Waals surface area (Å²) in [5.41, 5.74) is 0.0881. The summed E-state index contributed by atoms with van der Waals surface area (Å²) in [6.45, 7) is 17.9. The van der Waals surface area contributed by atoms with Crippen molar-refractivity contribution in [2.75, 3.05) is 0 Å². The van der Waals surface area contributed by atoms with Crippen molar-refractivity contribution >= 4 is 29.8 Å². The van der Waals surface area contributed by atoms with Crippen LogP contribution in [-0.2, 0) is 35.3 Å². The molecular formula is C32H52N4O7. The van der Waals surface area contributed by atoms with Gasteiger partial charge >= 0.3 is 12.1 Å². The number of hydrogen-bond donors (Lipinski definition) is 4. The lowest BCUT2D eigenvalue weighted by molar-refractivity contribution is -0.158. The third-order valence-corrected chi connectivity index (χ3v) is 6.23. The average molecular weight is 605 g/mol. The van der Waals surface area contributed by atoms with Crippen LogP contribution < -0.4 is 21.3 Å². The summed E-state index contributed by atoms with van der Waals surface area (Å²) in [6.07, 6.45) is -0.120. The number of carbonyl (C=O) groups excluding carboxylic acids is 5. The second-order valence-electron chi connectivity index (χ2n) is 13.1. The summed E-state index contributed by atoms with van der Waals surface area (Å²) in [6, 6.07) is 5.36. The van der Waals surface area contributed by atoms with E-state index in [1.807, 2.05) is 58.0 Å². The van der Waals surface area contributed by atoms with E-state index >= 15 is 0 Å². The standard InChI is InChI=1S/C32H52N4O7/c1-19(2)16-24(27(37)33-22(7)30(40)43-32(8,9)10)34-29(39)26(21(5)6)36-28(38)25(17-20(3)4)35-31(41)42-18-23-14-12-11-13-15-23/h11-15,19-22,24-26H,16-18H2,1-10H3,(H,33,37)(H,34,39)(H,35,41)(H,36,38)/t22-,24-,25-,26-/m0/s1. The predicted octanol–water partition coefficient (Wildman–Crippen LogP) is 3.85. The lowest BCUT2D eigenvalue weighted by atomic mass is 9.98. The largest absolute Gasteiger partial charge is 0.458 e. The van der Waals surface area contributed by atoms with Crippen LogP contribution in [0.5, 0.6) is 0 Å². The van der Waals surface area contributed by atoms with Crippen molar-refractivity contribution in [3.8, 4) is 0 Å². The van der Waals surface area contributed by atoms with Crippen LogP contribution in [0.4, 0.5) is 4.79 Å². The molecule has 0 heterocycles. The van der Waals surface area contributed by atoms with E-state index < -0.39 is 59.6 Å². The van der Waals surface area contributed by atoms with Crippen molar-refractivity contribution in [3.05, 3.63) is 35.9 Å². The van der Waals surface area contributed by atoms with Crippen LogP contribution in [-0.4, -0.2) is 59.6 Å². The number of amides is 4. The maximum atomic E-state index is 13.4. The van der Waals surface area contributed by atoms with Crippen molar-refractivity contribution in [2.45, 2.75) is 118 Å². The Hall–Kier alpha value is -3.63. The molecule has 0 aliphatic heterocycles. The minimum atomic E-state index is -0.991. The van der Waals surface area contributed by atoms with Gasteiger partial charge in [-0.25, -0.2) is 9.59 Å². The van der Waals surface area contributed by atoms with E-state index in [1.54, 1.807) is 34.6 Å². The second kappa shape index (κ2) is 17.5. The molecule has 1 aromatic rings. The zero-order chi connectivity index (χ0) is 32.9. The maximum absolute atomic E-state index is 13.4. The van der Waals surface area contributed by atoms with Crippen molar-refractivity contribution in [1.29, 1.82) is 0 Å². The van der Waals surface area contributed by atoms with Crippen molar-refractivity contribution in [3.63, 3.8) is 0 Å². The van der Waals surface area contributed by atoms with Crippen LogP contribution in [0.3, 0.4) is 0 Å². The summed E-state index contributed by atoms with van der Waals surface area (Å²) < 4.78 is 10.6. The Kier molecular flexibility index (Phi) is 15.2. The number of ether oxygens (including phenoxy) is 2. The SMILES string of the molecule is CC(C)C[C@H](NC(=O)OCc1ccccc1)C(=O)N[C@H](C(=O)N[C@@H](CC(C)C)C(=O)N[C@@H](C)C(=O)OC(C)(C)C)C(C)C. The van der Waals surface area contributed by atoms with Gasteiger partial charge in [0.15, 0.2) is 0 Å². The van der Waals surface area contributed by atoms with Crippen LogP contribution in [0.25, 0.3) is 0 Å². The summed E-state index contributed by atoms with van der Waals surface area (Å²) >= 11 is 0. The molecule has 4 atom stereocenters. The van der Waals surface area contributed by atoms with Crippen LogP contribution in [0.15, 0.2) is 30.3 Å². The number of benzene rings is 1. The van der Waals surface area contributed by atoms with E-state index in [0.717, 1.165) is 5.56 Å². The molecule has 1 rings (SSSR count). The smallest absolute Gasteiger partial charge is 0.408 e. The second-order valence-corrected chi connectivity index (χ2v) is 13.1. The predicted molar refractivity (Wildman–Crippen MR) is 165 cm³/mol. The van der Waals surface area contributed by atoms with Gasteiger partial charge in [0.1, 0.15) is 36.4 Å². The molecule has 0 saturated heterocycles. The van der Waals surface area contributed by atoms with E-state index in [0.29, 0.717) is 12.8 Å². The van der Waals surface area contributed by atoms with E-state index in [-0.39, 0.29) is 24.4 Å². The third-order valence-electron chi connectivity index (χ3n) is 6.23. The maximum Gasteiger partial charge on any atom is 0.408 e. The van der Waals surface area contributed by atoms with Gasteiger partial charge in [0, 0.05) is 0 Å². The highest BCUT2D eigenvalue weighted by Crippen LogP contribution is 2.12. The fourth-order valence-electron chi connectivity index (χ4n) is 4.13. The fourth-order valence-corrected chi connectivity index (χ4v) is 4.13. The third kappa shape index (κ3) is 14.9. The van der Waals surface area contributed by atoms with Gasteiger partial charge in [-0.2, -0.15) is 0 Å². The molecule has 11 heteroatoms. The highest BCUT2D eigenvalue weighted by molar-refractivity contribution is 5.94. The Balaban J connectivity index is 2.97. The quantitative estimate of drug-likeness (QED) is 0.222. The number of alkyl carbamates (subject to hydrolysis) is 1. The Morgan fingerprint density at radius 3 is 1.70 bits per heavy atom. The van der Waals surface area contributed by atoms with Crippen LogP contribution >= 0.6 is 0 Å². The van der Waals surface area contributed by atoms with Crippen molar-refractivity contribution < 1.29 is 33.4 Å². The van der Waals surface area contributed by atoms with Gasteiger partial charge in [-0.15, -0.1) is 0 Å². The molecule has 0 aliphatic rings. The fraction of sp³-hybridized carbons (Fsp3) is 0.656. The van der Waals surface area contributed by atoms with E-state index in [2.05, 4.69) is 21.3 Å². The van der Waals surface area contributed by atoms with Gasteiger partial charge in [0.25, 0.3) is 0 Å². The van der Waals surface area contributed by atoms with Crippen LogP contribution in [0.2, 0.25) is 0 Å². The first-order valence-corrected chi connectivity index (χ1v) is 15.0. The molecule has 1 aromatic carbocycles. The first-order valence-electron chi connectivity index (χ1n) is 15.0. The number of rotatable bonds is 15. The molecule has 242 valence electrons. The van der Waals surface area contributed by atoms with Crippen molar-refractivity contribution in [2.24, 2.45) is 17.8 Å². The lowest BCUT2D eigenvalue weighted by Gasteiger charge is -2.29. The number of esters is 1. The zero-order valence-electron chi connectivity index (χ0n) is 27.4. The summed E-state index contributed by atoms with van der Waals surface area (Å²) in [7, 11) is 0. The van der Waals surface area contributed by atoms with E-state index in [1.165, 1.54) is 6.92 Å². The molecule has 0 bridgehead atoms. The molecule has 11 nitrogen and oxygen atoms in total. The average Bonchev–Trinajstić information content (AvgIpc) is 2.88. The Morgan fingerprint density at radius 2 is 1.21 bits per heavy atom. The first-order chi connectivity index (χ1) is 19.9. The van der Waals surface area contributed by atoms with Gasteiger partial charge in [-0.05, 0) is 63.9 Å². The molecule has 0 aromatic heterocycles. The highest BCUT2D eigenvalue weighted by Gasteiger charge is 2.33. The Bertz CT molecular complexity index is 1070. The Labute approximate surface area is 256 Å². The summed E-state index contributed by atoms with van der Waals surface area (Å²) in [4.78, 5) is 64.9. The van der Waals surface area contributed by atoms with E-state index in [9.17, 15) is 24.0 Å². The zero-order valence-corrected chi connectivity index (χ0v) is 27.4. The van der Waals surface area contributed by atoms with Gasteiger partial charge in [-0.3, -0.25) is 14.4 Å². The molecule has 0 saturated carbocycles. The molecule has 0 unspecified atom stereocenters. The van der Waals surface area contributed by atoms with Crippen LogP contribution in [0, 0.1) is 17.8 Å². The molecule has 0 radical (unpaired) electrons. The monoisotopic (exact) mass is 604 g/mol. The minimum absolute atomic E-state index is 0.0431. The molecule has 43 heavy (non-hydrogen) atoms. The topological polar surface area (TPSA) is 152 Å². The Morgan fingerprint density at radius 1 is 0.698 bits per heavy atom. The number of carbonyl (C=O) groups is 5. The molecule has 0 aliphatic carbocycles. The summed E-state index contributed by atoms with van der Waals surface area (Å²) in [5, 5.41) is 10.8. The summed E-state index contributed by atoms with van der Waals surface area (Å²) in [5.74, 6) is -2.45. The van der Waals surface area contributed by atoms with E-state index in [4.69, 9.17) is 9.47 Å². The van der Waals surface area contributed by atoms with Crippen molar-refractivity contribution in [1.82, 2.24) is 21.3 Å². The van der Waals surface area contributed by atoms with Gasteiger partial charge in [0.2, 0.25) is 17.7 Å². The lowest BCUT2D eigenvalue weighted by Crippen LogP contribution is -2.59. The normalized spacial score (nSPS) is 14.3. The molecule has 0 fully saturated rings. The van der Waals surface area contributed by atoms with Gasteiger partial charge < -0.3 is 30.7 Å². The van der Waals surface area contributed by atoms with Crippen LogP contribution in [0.1, 0.15) is 87.6 Å². The minimum Gasteiger partial charge on any atom is -0.458 e. The van der Waals surface area contributed by atoms with Gasteiger partial charge in [0.05, 0.1) is 0 Å². The van der Waals surface area contributed by atoms with Gasteiger partial charge in [-0.1, -0.05) is 71.9 Å².